The van der Waals surface area contributed by atoms with Gasteiger partial charge in [-0.15, -0.1) is 0 Å². The molecule has 7 heteroatoms. The minimum Gasteiger partial charge on any atom is -0.350 e. The van der Waals surface area contributed by atoms with Crippen LogP contribution < -0.4 is 11.1 Å². The average molecular weight is 434 g/mol. The molecule has 1 fully saturated rings. The molecule has 3 N–H and O–H groups in total. The summed E-state index contributed by atoms with van der Waals surface area (Å²) >= 11 is 11.9. The van der Waals surface area contributed by atoms with Gasteiger partial charge < -0.3 is 16.0 Å². The number of rotatable bonds is 7. The number of nitrogens with one attached hydrogen (secondary N) is 1. The van der Waals surface area contributed by atoms with Gasteiger partial charge in [-0.3, -0.25) is 9.59 Å². The number of benzene rings is 2. The van der Waals surface area contributed by atoms with E-state index in [0.29, 0.717) is 36.0 Å². The Morgan fingerprint density at radius 1 is 1.10 bits per heavy atom. The molecule has 1 aliphatic rings. The van der Waals surface area contributed by atoms with E-state index in [1.807, 2.05) is 36.4 Å². The van der Waals surface area contributed by atoms with Crippen molar-refractivity contribution < 1.29 is 9.59 Å². The minimum absolute atomic E-state index is 0.0689. The highest BCUT2D eigenvalue weighted by atomic mass is 35.5. The first-order chi connectivity index (χ1) is 13.9. The van der Waals surface area contributed by atoms with E-state index in [-0.39, 0.29) is 24.3 Å². The summed E-state index contributed by atoms with van der Waals surface area (Å²) in [7, 11) is 0. The van der Waals surface area contributed by atoms with Crippen LogP contribution in [-0.4, -0.2) is 35.3 Å². The molecule has 5 nitrogen and oxygen atoms in total. The number of halogens is 2. The van der Waals surface area contributed by atoms with Crippen LogP contribution in [0.25, 0.3) is 0 Å². The predicted molar refractivity (Wildman–Crippen MR) is 116 cm³/mol. The highest BCUT2D eigenvalue weighted by molar-refractivity contribution is 6.42. The SMILES string of the molecule is N[C@@H](CC(=O)N1CCC[C@H]1C(=O)NCc1ccc(Cl)c(Cl)c1)Cc1ccccc1. The first-order valence-corrected chi connectivity index (χ1v) is 10.5. The smallest absolute Gasteiger partial charge is 0.243 e. The topological polar surface area (TPSA) is 75.4 Å². The summed E-state index contributed by atoms with van der Waals surface area (Å²) in [4.78, 5) is 27.1. The van der Waals surface area contributed by atoms with Crippen LogP contribution in [0.3, 0.4) is 0 Å². The molecule has 29 heavy (non-hydrogen) atoms. The number of nitrogens with zero attached hydrogens (tertiary/aromatic N) is 1. The maximum atomic E-state index is 12.8. The van der Waals surface area contributed by atoms with Crippen molar-refractivity contribution in [2.24, 2.45) is 5.73 Å². The Morgan fingerprint density at radius 3 is 2.59 bits per heavy atom. The van der Waals surface area contributed by atoms with Crippen LogP contribution in [-0.2, 0) is 22.6 Å². The van der Waals surface area contributed by atoms with Crippen LogP contribution in [0.4, 0.5) is 0 Å². The maximum absolute atomic E-state index is 12.8. The van der Waals surface area contributed by atoms with E-state index in [2.05, 4.69) is 5.32 Å². The van der Waals surface area contributed by atoms with Crippen molar-refractivity contribution >= 4 is 35.0 Å². The third-order valence-corrected chi connectivity index (χ3v) is 5.84. The summed E-state index contributed by atoms with van der Waals surface area (Å²) in [5.41, 5.74) is 8.14. The van der Waals surface area contributed by atoms with Gasteiger partial charge in [0.25, 0.3) is 0 Å². The standard InChI is InChI=1S/C22H25Cl2N3O2/c23-18-9-8-16(12-19(18)24)14-26-22(29)20-7-4-10-27(20)21(28)13-17(25)11-15-5-2-1-3-6-15/h1-3,5-6,8-9,12,17,20H,4,7,10-11,13-14,25H2,(H,26,29)/t17-,20+/m1/s1. The lowest BCUT2D eigenvalue weighted by Crippen LogP contribution is -2.47. The van der Waals surface area contributed by atoms with Gasteiger partial charge in [0.2, 0.25) is 11.8 Å². The van der Waals surface area contributed by atoms with Crippen molar-refractivity contribution in [1.29, 1.82) is 0 Å². The van der Waals surface area contributed by atoms with Crippen LogP contribution in [0.1, 0.15) is 30.4 Å². The molecule has 1 heterocycles. The fourth-order valence-corrected chi connectivity index (χ4v) is 3.95. The zero-order valence-electron chi connectivity index (χ0n) is 16.1. The van der Waals surface area contributed by atoms with Crippen molar-refractivity contribution in [1.82, 2.24) is 10.2 Å². The molecule has 0 aliphatic carbocycles. The molecule has 0 radical (unpaired) electrons. The largest absolute Gasteiger partial charge is 0.350 e. The van der Waals surface area contributed by atoms with Crippen LogP contribution in [0.5, 0.6) is 0 Å². The molecule has 2 atom stereocenters. The van der Waals surface area contributed by atoms with Crippen LogP contribution in [0.15, 0.2) is 48.5 Å². The van der Waals surface area contributed by atoms with Crippen molar-refractivity contribution in [2.75, 3.05) is 6.54 Å². The van der Waals surface area contributed by atoms with E-state index >= 15 is 0 Å². The summed E-state index contributed by atoms with van der Waals surface area (Å²) in [6.45, 7) is 0.920. The summed E-state index contributed by atoms with van der Waals surface area (Å²) < 4.78 is 0. The molecular weight excluding hydrogens is 409 g/mol. The highest BCUT2D eigenvalue weighted by Crippen LogP contribution is 2.23. The lowest BCUT2D eigenvalue weighted by molar-refractivity contribution is -0.138. The van der Waals surface area contributed by atoms with Gasteiger partial charge in [-0.2, -0.15) is 0 Å². The van der Waals surface area contributed by atoms with E-state index < -0.39 is 6.04 Å². The average Bonchev–Trinajstić information content (AvgIpc) is 3.19. The Bertz CT molecular complexity index is 860. The van der Waals surface area contributed by atoms with E-state index in [1.165, 1.54) is 0 Å². The molecule has 0 unspecified atom stereocenters. The Hall–Kier alpha value is -2.08. The maximum Gasteiger partial charge on any atom is 0.243 e. The second-order valence-electron chi connectivity index (χ2n) is 7.37. The van der Waals surface area contributed by atoms with Gasteiger partial charge >= 0.3 is 0 Å². The molecule has 2 amide bonds. The van der Waals surface area contributed by atoms with Gasteiger partial charge in [0, 0.05) is 25.6 Å². The highest BCUT2D eigenvalue weighted by Gasteiger charge is 2.34. The Morgan fingerprint density at radius 2 is 1.86 bits per heavy atom. The van der Waals surface area contributed by atoms with E-state index in [4.69, 9.17) is 28.9 Å². The number of nitrogens with two attached hydrogens (primary N) is 1. The molecule has 1 aliphatic heterocycles. The zero-order chi connectivity index (χ0) is 20.8. The molecule has 1 saturated heterocycles. The Balaban J connectivity index is 1.53. The van der Waals surface area contributed by atoms with Crippen molar-refractivity contribution in [3.05, 3.63) is 69.7 Å². The second kappa shape index (κ2) is 10.1. The van der Waals surface area contributed by atoms with Crippen LogP contribution in [0.2, 0.25) is 10.0 Å². The predicted octanol–water partition coefficient (Wildman–Crippen LogP) is 3.56. The summed E-state index contributed by atoms with van der Waals surface area (Å²) in [6, 6.07) is 14.4. The lowest BCUT2D eigenvalue weighted by atomic mass is 10.0. The molecule has 2 aromatic carbocycles. The molecular formula is C22H25Cl2N3O2. The first kappa shape index (κ1) is 21.6. The van der Waals surface area contributed by atoms with Crippen LogP contribution >= 0.6 is 23.2 Å². The summed E-state index contributed by atoms with van der Waals surface area (Å²) in [5, 5.41) is 3.82. The number of carbonyl (C=O) groups is 2. The van der Waals surface area contributed by atoms with Crippen molar-refractivity contribution in [2.45, 2.75) is 44.3 Å². The van der Waals surface area contributed by atoms with Crippen molar-refractivity contribution in [3.8, 4) is 0 Å². The Labute approximate surface area is 181 Å². The third-order valence-electron chi connectivity index (χ3n) is 5.10. The molecule has 2 aromatic rings. The number of amides is 2. The monoisotopic (exact) mass is 433 g/mol. The van der Waals surface area contributed by atoms with Gasteiger partial charge in [0.15, 0.2) is 0 Å². The number of hydrogen-bond donors (Lipinski definition) is 2. The first-order valence-electron chi connectivity index (χ1n) is 9.74. The molecule has 3 rings (SSSR count). The Kier molecular flexibility index (Phi) is 7.53. The fourth-order valence-electron chi connectivity index (χ4n) is 3.62. The van der Waals surface area contributed by atoms with Gasteiger partial charge in [-0.05, 0) is 42.5 Å². The van der Waals surface area contributed by atoms with Gasteiger partial charge in [0.1, 0.15) is 6.04 Å². The fraction of sp³-hybridized carbons (Fsp3) is 0.364. The lowest BCUT2D eigenvalue weighted by Gasteiger charge is -2.25. The molecule has 0 spiro atoms. The zero-order valence-corrected chi connectivity index (χ0v) is 17.6. The number of hydrogen-bond acceptors (Lipinski definition) is 3. The molecule has 0 aromatic heterocycles. The minimum atomic E-state index is -0.450. The number of likely N-dealkylation sites (tertiary alicyclic amines) is 1. The van der Waals surface area contributed by atoms with Gasteiger partial charge in [-0.25, -0.2) is 0 Å². The van der Waals surface area contributed by atoms with Gasteiger partial charge in [-0.1, -0.05) is 59.6 Å². The third kappa shape index (κ3) is 5.95. The molecule has 0 saturated carbocycles. The molecule has 0 bridgehead atoms. The van der Waals surface area contributed by atoms with E-state index in [9.17, 15) is 9.59 Å². The van der Waals surface area contributed by atoms with E-state index in [0.717, 1.165) is 17.5 Å². The van der Waals surface area contributed by atoms with Crippen LogP contribution in [0, 0.1) is 0 Å². The summed E-state index contributed by atoms with van der Waals surface area (Å²) in [5.74, 6) is -0.223. The van der Waals surface area contributed by atoms with Gasteiger partial charge in [0.05, 0.1) is 10.0 Å². The van der Waals surface area contributed by atoms with Crippen molar-refractivity contribution in [3.63, 3.8) is 0 Å². The second-order valence-corrected chi connectivity index (χ2v) is 8.18. The van der Waals surface area contributed by atoms with E-state index in [1.54, 1.807) is 17.0 Å². The molecule has 154 valence electrons. The normalized spacial score (nSPS) is 17.2. The number of carbonyl (C=O) groups excluding carboxylic acids is 2. The quantitative estimate of drug-likeness (QED) is 0.700. The summed E-state index contributed by atoms with van der Waals surface area (Å²) in [6.07, 6.45) is 2.33.